The summed E-state index contributed by atoms with van der Waals surface area (Å²) in [6.07, 6.45) is 3.95. The highest BCUT2D eigenvalue weighted by Crippen LogP contribution is 2.42. The Morgan fingerprint density at radius 2 is 2.22 bits per heavy atom. The first-order valence-electron chi connectivity index (χ1n) is 8.83. The van der Waals surface area contributed by atoms with Gasteiger partial charge in [0.25, 0.3) is 0 Å². The molecule has 1 amide bonds. The van der Waals surface area contributed by atoms with Crippen molar-refractivity contribution in [1.29, 1.82) is 0 Å². The highest BCUT2D eigenvalue weighted by molar-refractivity contribution is 7.99. The number of carbonyl (C=O) groups excluding carboxylic acids is 1. The van der Waals surface area contributed by atoms with Gasteiger partial charge < -0.3 is 4.42 Å². The van der Waals surface area contributed by atoms with Crippen molar-refractivity contribution in [2.24, 2.45) is 5.92 Å². The summed E-state index contributed by atoms with van der Waals surface area (Å²) in [4.78, 5) is 12.3. The van der Waals surface area contributed by atoms with Crippen LogP contribution in [0.15, 0.2) is 28.0 Å². The van der Waals surface area contributed by atoms with Crippen LogP contribution in [0.5, 0.6) is 0 Å². The number of hydrogen-bond donors (Lipinski definition) is 1. The van der Waals surface area contributed by atoms with Crippen molar-refractivity contribution in [3.05, 3.63) is 23.4 Å². The summed E-state index contributed by atoms with van der Waals surface area (Å²) in [5.41, 5.74) is 0. The molecule has 4 rings (SSSR count). The van der Waals surface area contributed by atoms with Gasteiger partial charge in [-0.25, -0.2) is 0 Å². The first-order valence-corrected chi connectivity index (χ1v) is 10.6. The van der Waals surface area contributed by atoms with Gasteiger partial charge in [-0.2, -0.15) is 0 Å². The van der Waals surface area contributed by atoms with Crippen molar-refractivity contribution < 1.29 is 9.21 Å². The normalized spacial score (nSPS) is 14.0. The van der Waals surface area contributed by atoms with Crippen molar-refractivity contribution in [1.82, 2.24) is 25.0 Å². The lowest BCUT2D eigenvalue weighted by atomic mass is 10.2. The van der Waals surface area contributed by atoms with E-state index in [0.29, 0.717) is 33.7 Å². The molecule has 0 aromatic carbocycles. The third-order valence-corrected chi connectivity index (χ3v) is 5.92. The standard InChI is InChI=1S/C17H20N6O2S2/c1-10(2)8-23-14(12-4-3-7-25-12)19-22-17(23)26-9-13(24)18-16-21-20-15(27-16)11-5-6-11/h3-4,7,10-11H,5-6,8-9H2,1-2H3,(H,18,21,24). The third kappa shape index (κ3) is 4.38. The Hall–Kier alpha value is -2.20. The zero-order chi connectivity index (χ0) is 18.8. The highest BCUT2D eigenvalue weighted by Gasteiger charge is 2.27. The largest absolute Gasteiger partial charge is 0.461 e. The predicted octanol–water partition coefficient (Wildman–Crippen LogP) is 3.65. The zero-order valence-corrected chi connectivity index (χ0v) is 16.7. The van der Waals surface area contributed by atoms with Gasteiger partial charge in [0.2, 0.25) is 11.0 Å². The second-order valence-electron chi connectivity index (χ2n) is 6.84. The molecule has 0 bridgehead atoms. The molecule has 142 valence electrons. The lowest BCUT2D eigenvalue weighted by molar-refractivity contribution is -0.113. The summed E-state index contributed by atoms with van der Waals surface area (Å²) in [7, 11) is 0. The number of rotatable bonds is 8. The number of anilines is 1. The molecule has 0 saturated heterocycles. The topological polar surface area (TPSA) is 98.7 Å². The Kier molecular flexibility index (Phi) is 5.26. The molecule has 1 N–H and O–H groups in total. The molecule has 3 aromatic rings. The Labute approximate surface area is 164 Å². The zero-order valence-electron chi connectivity index (χ0n) is 15.1. The molecule has 1 fully saturated rings. The van der Waals surface area contributed by atoms with Gasteiger partial charge in [0, 0.05) is 12.5 Å². The molecular weight excluding hydrogens is 384 g/mol. The van der Waals surface area contributed by atoms with E-state index in [2.05, 4.69) is 39.6 Å². The molecule has 10 heteroatoms. The van der Waals surface area contributed by atoms with E-state index in [9.17, 15) is 4.79 Å². The van der Waals surface area contributed by atoms with Crippen LogP contribution in [0.3, 0.4) is 0 Å². The minimum atomic E-state index is -0.128. The van der Waals surface area contributed by atoms with Crippen molar-refractivity contribution in [2.45, 2.75) is 44.3 Å². The monoisotopic (exact) mass is 404 g/mol. The molecule has 3 heterocycles. The number of nitrogens with zero attached hydrogens (tertiary/aromatic N) is 5. The lowest BCUT2D eigenvalue weighted by Gasteiger charge is -2.11. The number of carbonyl (C=O) groups is 1. The van der Waals surface area contributed by atoms with E-state index in [0.717, 1.165) is 11.6 Å². The summed E-state index contributed by atoms with van der Waals surface area (Å²) < 4.78 is 7.46. The summed E-state index contributed by atoms with van der Waals surface area (Å²) in [5, 5.41) is 21.8. The smallest absolute Gasteiger partial charge is 0.236 e. The Morgan fingerprint density at radius 1 is 1.37 bits per heavy atom. The molecule has 1 aliphatic rings. The number of thioether (sulfide) groups is 1. The molecule has 1 aliphatic carbocycles. The molecular formula is C17H20N6O2S2. The molecule has 27 heavy (non-hydrogen) atoms. The molecule has 0 radical (unpaired) electrons. The highest BCUT2D eigenvalue weighted by atomic mass is 32.2. The Balaban J connectivity index is 1.41. The van der Waals surface area contributed by atoms with Crippen molar-refractivity contribution >= 4 is 34.1 Å². The van der Waals surface area contributed by atoms with Gasteiger partial charge in [-0.15, -0.1) is 20.4 Å². The van der Waals surface area contributed by atoms with Crippen LogP contribution < -0.4 is 5.32 Å². The summed E-state index contributed by atoms with van der Waals surface area (Å²) in [6, 6.07) is 3.68. The molecule has 0 spiro atoms. The molecule has 8 nitrogen and oxygen atoms in total. The van der Waals surface area contributed by atoms with E-state index >= 15 is 0 Å². The van der Waals surface area contributed by atoms with Gasteiger partial charge in [0.15, 0.2) is 16.7 Å². The van der Waals surface area contributed by atoms with Crippen LogP contribution in [-0.4, -0.2) is 36.6 Å². The number of nitrogens with one attached hydrogen (secondary N) is 1. The molecule has 1 saturated carbocycles. The van der Waals surface area contributed by atoms with Crippen LogP contribution in [0, 0.1) is 5.92 Å². The summed E-state index contributed by atoms with van der Waals surface area (Å²) in [6.45, 7) is 4.99. The number of amides is 1. The van der Waals surface area contributed by atoms with E-state index < -0.39 is 0 Å². The predicted molar refractivity (Wildman–Crippen MR) is 104 cm³/mol. The van der Waals surface area contributed by atoms with Gasteiger partial charge >= 0.3 is 0 Å². The lowest BCUT2D eigenvalue weighted by Crippen LogP contribution is -2.15. The van der Waals surface area contributed by atoms with E-state index in [1.54, 1.807) is 6.26 Å². The van der Waals surface area contributed by atoms with E-state index in [-0.39, 0.29) is 11.7 Å². The number of hydrogen-bond acceptors (Lipinski definition) is 8. The minimum Gasteiger partial charge on any atom is -0.461 e. The summed E-state index contributed by atoms with van der Waals surface area (Å²) >= 11 is 2.81. The van der Waals surface area contributed by atoms with E-state index in [1.807, 2.05) is 16.7 Å². The fraction of sp³-hybridized carbons (Fsp3) is 0.471. The average molecular weight is 405 g/mol. The van der Waals surface area contributed by atoms with Crippen LogP contribution in [0.25, 0.3) is 11.6 Å². The van der Waals surface area contributed by atoms with Crippen molar-refractivity contribution in [2.75, 3.05) is 11.1 Å². The average Bonchev–Trinajstić information content (AvgIpc) is 3.02. The second kappa shape index (κ2) is 7.81. The van der Waals surface area contributed by atoms with Gasteiger partial charge in [0.05, 0.1) is 12.0 Å². The quantitative estimate of drug-likeness (QED) is 0.572. The van der Waals surface area contributed by atoms with Crippen molar-refractivity contribution in [3.8, 4) is 11.6 Å². The molecule has 3 aromatic heterocycles. The first kappa shape index (κ1) is 18.2. The van der Waals surface area contributed by atoms with Gasteiger partial charge in [-0.1, -0.05) is 36.9 Å². The Bertz CT molecular complexity index is 914. The molecule has 0 atom stereocenters. The van der Waals surface area contributed by atoms with Gasteiger partial charge in [-0.3, -0.25) is 14.7 Å². The van der Waals surface area contributed by atoms with E-state index in [4.69, 9.17) is 4.42 Å². The van der Waals surface area contributed by atoms with Gasteiger partial charge in [-0.05, 0) is 30.9 Å². The van der Waals surface area contributed by atoms with E-state index in [1.165, 1.54) is 35.9 Å². The second-order valence-corrected chi connectivity index (χ2v) is 8.80. The first-order chi connectivity index (χ1) is 13.1. The van der Waals surface area contributed by atoms with Crippen LogP contribution in [0.4, 0.5) is 5.13 Å². The maximum atomic E-state index is 12.3. The maximum Gasteiger partial charge on any atom is 0.236 e. The fourth-order valence-electron chi connectivity index (χ4n) is 2.58. The SMILES string of the molecule is CC(C)Cn1c(SCC(=O)Nc2nnc(C3CC3)s2)nnc1-c1ccco1. The van der Waals surface area contributed by atoms with Crippen LogP contribution in [0.1, 0.15) is 37.6 Å². The molecule has 0 unspecified atom stereocenters. The van der Waals surface area contributed by atoms with Gasteiger partial charge in [0.1, 0.15) is 5.01 Å². The van der Waals surface area contributed by atoms with Crippen LogP contribution in [-0.2, 0) is 11.3 Å². The number of furan rings is 1. The molecule has 0 aliphatic heterocycles. The van der Waals surface area contributed by atoms with Crippen molar-refractivity contribution in [3.63, 3.8) is 0 Å². The van der Waals surface area contributed by atoms with Crippen LogP contribution >= 0.6 is 23.1 Å². The fourth-order valence-corrected chi connectivity index (χ4v) is 4.26. The Morgan fingerprint density at radius 3 is 2.93 bits per heavy atom. The number of aromatic nitrogens is 5. The van der Waals surface area contributed by atoms with Crippen LogP contribution in [0.2, 0.25) is 0 Å². The minimum absolute atomic E-state index is 0.128. The third-order valence-electron chi connectivity index (χ3n) is 3.95. The summed E-state index contributed by atoms with van der Waals surface area (Å²) in [5.74, 6) is 2.39. The maximum absolute atomic E-state index is 12.3.